The maximum absolute atomic E-state index is 12.5. The predicted molar refractivity (Wildman–Crippen MR) is 81.9 cm³/mol. The van der Waals surface area contributed by atoms with Crippen molar-refractivity contribution in [2.24, 2.45) is 18.9 Å². The molecule has 2 aliphatic rings. The molecule has 0 bridgehead atoms. The minimum Gasteiger partial charge on any atom is -0.317 e. The Morgan fingerprint density at radius 2 is 2.09 bits per heavy atom. The molecule has 0 aliphatic carbocycles. The van der Waals surface area contributed by atoms with Gasteiger partial charge in [-0.1, -0.05) is 0 Å². The summed E-state index contributed by atoms with van der Waals surface area (Å²) in [5.74, 6) is 0.430. The molecule has 1 aromatic rings. The van der Waals surface area contributed by atoms with E-state index in [2.05, 4.69) is 10.4 Å². The van der Waals surface area contributed by atoms with E-state index in [4.69, 9.17) is 0 Å². The highest BCUT2D eigenvalue weighted by Crippen LogP contribution is 2.25. The zero-order valence-electron chi connectivity index (χ0n) is 13.1. The number of carbonyl (C=O) groups excluding carboxylic acids is 2. The molecule has 0 saturated carbocycles. The first kappa shape index (κ1) is 15.2. The number of amides is 2. The van der Waals surface area contributed by atoms with Crippen LogP contribution in [0.25, 0.3) is 0 Å². The maximum Gasteiger partial charge on any atom is 0.233 e. The molecule has 2 amide bonds. The van der Waals surface area contributed by atoms with Crippen molar-refractivity contribution in [2.45, 2.75) is 32.1 Å². The van der Waals surface area contributed by atoms with Crippen molar-refractivity contribution < 1.29 is 9.59 Å². The third-order valence-corrected chi connectivity index (χ3v) is 4.80. The largest absolute Gasteiger partial charge is 0.317 e. The lowest BCUT2D eigenvalue weighted by Crippen LogP contribution is -2.35. The van der Waals surface area contributed by atoms with Crippen molar-refractivity contribution in [3.63, 3.8) is 0 Å². The lowest BCUT2D eigenvalue weighted by atomic mass is 9.94. The van der Waals surface area contributed by atoms with Gasteiger partial charge >= 0.3 is 0 Å². The van der Waals surface area contributed by atoms with Gasteiger partial charge in [-0.2, -0.15) is 5.10 Å². The molecule has 0 spiro atoms. The minimum atomic E-state index is -0.204. The first-order valence-corrected chi connectivity index (χ1v) is 8.16. The van der Waals surface area contributed by atoms with E-state index in [0.29, 0.717) is 25.3 Å². The zero-order chi connectivity index (χ0) is 15.5. The number of carbonyl (C=O) groups is 2. The van der Waals surface area contributed by atoms with Gasteiger partial charge in [0.2, 0.25) is 11.8 Å². The topological polar surface area (TPSA) is 67.2 Å². The van der Waals surface area contributed by atoms with E-state index in [1.165, 1.54) is 4.90 Å². The molecule has 0 radical (unpaired) electrons. The molecule has 1 N–H and O–H groups in total. The molecule has 3 heterocycles. The number of piperidine rings is 1. The van der Waals surface area contributed by atoms with Gasteiger partial charge in [0.15, 0.2) is 0 Å². The number of rotatable bonds is 5. The van der Waals surface area contributed by atoms with Crippen LogP contribution in [0.2, 0.25) is 0 Å². The summed E-state index contributed by atoms with van der Waals surface area (Å²) in [7, 11) is 1.86. The van der Waals surface area contributed by atoms with Crippen LogP contribution in [-0.4, -0.2) is 46.1 Å². The summed E-state index contributed by atoms with van der Waals surface area (Å²) in [6.45, 7) is 2.69. The Labute approximate surface area is 130 Å². The molecular formula is C16H24N4O2. The Kier molecular flexibility index (Phi) is 4.57. The predicted octanol–water partition coefficient (Wildman–Crippen LogP) is 0.727. The molecule has 3 rings (SSSR count). The van der Waals surface area contributed by atoms with E-state index < -0.39 is 0 Å². The van der Waals surface area contributed by atoms with Gasteiger partial charge in [-0.25, -0.2) is 0 Å². The van der Waals surface area contributed by atoms with Gasteiger partial charge in [0.05, 0.1) is 12.1 Å². The SMILES string of the molecule is Cn1cc(CC2CC(=O)N(CCC3CCNCC3)C2=O)cn1. The van der Waals surface area contributed by atoms with Crippen LogP contribution >= 0.6 is 0 Å². The standard InChI is InChI=1S/C16H24N4O2/c1-19-11-13(10-18-19)8-14-9-15(21)20(16(14)22)7-4-12-2-5-17-6-3-12/h10-12,14,17H,2-9H2,1H3. The van der Waals surface area contributed by atoms with E-state index in [1.54, 1.807) is 10.9 Å². The average molecular weight is 304 g/mol. The van der Waals surface area contributed by atoms with Crippen molar-refractivity contribution >= 4 is 11.8 Å². The molecule has 0 aromatic carbocycles. The second-order valence-corrected chi connectivity index (χ2v) is 6.49. The van der Waals surface area contributed by atoms with Gasteiger partial charge in [0.1, 0.15) is 0 Å². The Bertz CT molecular complexity index is 548. The van der Waals surface area contributed by atoms with Crippen molar-refractivity contribution in [1.29, 1.82) is 0 Å². The maximum atomic E-state index is 12.5. The quantitative estimate of drug-likeness (QED) is 0.814. The fourth-order valence-corrected chi connectivity index (χ4v) is 3.49. The number of aryl methyl sites for hydroxylation is 1. The summed E-state index contributed by atoms with van der Waals surface area (Å²) in [5, 5.41) is 7.46. The number of aromatic nitrogens is 2. The average Bonchev–Trinajstić information content (AvgIpc) is 3.03. The van der Waals surface area contributed by atoms with Crippen LogP contribution in [-0.2, 0) is 23.1 Å². The molecule has 1 unspecified atom stereocenters. The van der Waals surface area contributed by atoms with Gasteiger partial charge in [-0.05, 0) is 50.3 Å². The van der Waals surface area contributed by atoms with E-state index in [1.807, 2.05) is 13.2 Å². The summed E-state index contributed by atoms with van der Waals surface area (Å²) in [4.78, 5) is 26.1. The summed E-state index contributed by atoms with van der Waals surface area (Å²) in [5.41, 5.74) is 1.02. The van der Waals surface area contributed by atoms with Gasteiger partial charge in [-0.15, -0.1) is 0 Å². The minimum absolute atomic E-state index is 0.00258. The Morgan fingerprint density at radius 3 is 2.77 bits per heavy atom. The number of hydrogen-bond donors (Lipinski definition) is 1. The first-order chi connectivity index (χ1) is 10.6. The Morgan fingerprint density at radius 1 is 1.32 bits per heavy atom. The van der Waals surface area contributed by atoms with Gasteiger partial charge in [0.25, 0.3) is 0 Å². The normalized spacial score (nSPS) is 23.5. The van der Waals surface area contributed by atoms with Crippen molar-refractivity contribution in [2.75, 3.05) is 19.6 Å². The number of nitrogens with one attached hydrogen (secondary N) is 1. The number of nitrogens with zero attached hydrogens (tertiary/aromatic N) is 3. The Hall–Kier alpha value is -1.69. The molecule has 2 aliphatic heterocycles. The number of likely N-dealkylation sites (tertiary alicyclic amines) is 1. The summed E-state index contributed by atoms with van der Waals surface area (Å²) >= 11 is 0. The molecule has 1 aromatic heterocycles. The molecule has 22 heavy (non-hydrogen) atoms. The second kappa shape index (κ2) is 6.60. The fraction of sp³-hybridized carbons (Fsp3) is 0.688. The van der Waals surface area contributed by atoms with Gasteiger partial charge in [-0.3, -0.25) is 19.2 Å². The molecule has 120 valence electrons. The van der Waals surface area contributed by atoms with Crippen LogP contribution in [0, 0.1) is 11.8 Å². The molecule has 2 fully saturated rings. The number of hydrogen-bond acceptors (Lipinski definition) is 4. The summed E-state index contributed by atoms with van der Waals surface area (Å²) in [6.07, 6.45) is 7.89. The molecule has 6 heteroatoms. The molecular weight excluding hydrogens is 280 g/mol. The third kappa shape index (κ3) is 3.38. The van der Waals surface area contributed by atoms with Crippen LogP contribution < -0.4 is 5.32 Å². The Balaban J connectivity index is 1.54. The van der Waals surface area contributed by atoms with Crippen LogP contribution in [0.5, 0.6) is 0 Å². The van der Waals surface area contributed by atoms with Crippen molar-refractivity contribution in [1.82, 2.24) is 20.0 Å². The molecule has 6 nitrogen and oxygen atoms in total. The highest BCUT2D eigenvalue weighted by atomic mass is 16.2. The molecule has 2 saturated heterocycles. The second-order valence-electron chi connectivity index (χ2n) is 6.49. The first-order valence-electron chi connectivity index (χ1n) is 8.16. The summed E-state index contributed by atoms with van der Waals surface area (Å²) in [6, 6.07) is 0. The highest BCUT2D eigenvalue weighted by Gasteiger charge is 2.38. The summed E-state index contributed by atoms with van der Waals surface area (Å²) < 4.78 is 1.73. The van der Waals surface area contributed by atoms with E-state index in [-0.39, 0.29) is 17.7 Å². The van der Waals surface area contributed by atoms with Crippen LogP contribution in [0.3, 0.4) is 0 Å². The number of imide groups is 1. The van der Waals surface area contributed by atoms with Crippen LogP contribution in [0.15, 0.2) is 12.4 Å². The van der Waals surface area contributed by atoms with E-state index in [0.717, 1.165) is 37.9 Å². The van der Waals surface area contributed by atoms with Crippen LogP contribution in [0.1, 0.15) is 31.2 Å². The lowest BCUT2D eigenvalue weighted by molar-refractivity contribution is -0.139. The van der Waals surface area contributed by atoms with Gasteiger partial charge < -0.3 is 5.32 Å². The van der Waals surface area contributed by atoms with E-state index in [9.17, 15) is 9.59 Å². The molecule has 1 atom stereocenters. The highest BCUT2D eigenvalue weighted by molar-refractivity contribution is 6.03. The zero-order valence-corrected chi connectivity index (χ0v) is 13.1. The van der Waals surface area contributed by atoms with E-state index >= 15 is 0 Å². The smallest absolute Gasteiger partial charge is 0.233 e. The lowest BCUT2D eigenvalue weighted by Gasteiger charge is -2.24. The van der Waals surface area contributed by atoms with Crippen LogP contribution in [0.4, 0.5) is 0 Å². The van der Waals surface area contributed by atoms with Crippen molar-refractivity contribution in [3.8, 4) is 0 Å². The third-order valence-electron chi connectivity index (χ3n) is 4.80. The monoisotopic (exact) mass is 304 g/mol. The fourth-order valence-electron chi connectivity index (χ4n) is 3.49. The van der Waals surface area contributed by atoms with Gasteiger partial charge in [0, 0.05) is 26.2 Å². The van der Waals surface area contributed by atoms with Crippen molar-refractivity contribution in [3.05, 3.63) is 18.0 Å².